The molecular weight excluding hydrogens is 268 g/mol. The third-order valence-corrected chi connectivity index (χ3v) is 4.43. The summed E-state index contributed by atoms with van der Waals surface area (Å²) in [6.45, 7) is 9.33. The van der Waals surface area contributed by atoms with Crippen LogP contribution in [0.1, 0.15) is 47.8 Å². The highest BCUT2D eigenvalue weighted by Gasteiger charge is 2.42. The molecule has 0 fully saturated rings. The molecule has 1 unspecified atom stereocenters. The Labute approximate surface area is 124 Å². The fourth-order valence-electron chi connectivity index (χ4n) is 2.37. The first-order valence-corrected chi connectivity index (χ1v) is 6.93. The lowest BCUT2D eigenvalue weighted by atomic mass is 9.89. The van der Waals surface area contributed by atoms with E-state index >= 15 is 0 Å². The van der Waals surface area contributed by atoms with Crippen molar-refractivity contribution in [2.45, 2.75) is 40.2 Å². The first-order chi connectivity index (χ1) is 9.68. The number of benzene rings is 1. The van der Waals surface area contributed by atoms with Gasteiger partial charge in [0.05, 0.1) is 5.56 Å². The van der Waals surface area contributed by atoms with Crippen molar-refractivity contribution < 1.29 is 14.7 Å². The lowest BCUT2D eigenvalue weighted by Crippen LogP contribution is -2.41. The number of amides is 1. The summed E-state index contributed by atoms with van der Waals surface area (Å²) in [6.07, 6.45) is 0. The molecule has 1 amide bonds. The molecule has 1 atom stereocenters. The van der Waals surface area contributed by atoms with Crippen molar-refractivity contribution in [1.82, 2.24) is 5.32 Å². The zero-order chi connectivity index (χ0) is 15.9. The van der Waals surface area contributed by atoms with Crippen LogP contribution >= 0.6 is 0 Å². The average Bonchev–Trinajstić information content (AvgIpc) is 2.69. The number of aliphatic imine (C=N–C) groups is 1. The van der Waals surface area contributed by atoms with Crippen LogP contribution in [0.2, 0.25) is 0 Å². The van der Waals surface area contributed by atoms with Crippen molar-refractivity contribution in [1.29, 1.82) is 0 Å². The van der Waals surface area contributed by atoms with E-state index in [-0.39, 0.29) is 17.4 Å². The van der Waals surface area contributed by atoms with Gasteiger partial charge in [0.15, 0.2) is 0 Å². The minimum atomic E-state index is -0.952. The highest BCUT2D eigenvalue weighted by Crippen LogP contribution is 2.28. The third kappa shape index (κ3) is 2.33. The molecule has 0 aromatic heterocycles. The van der Waals surface area contributed by atoms with Gasteiger partial charge in [-0.3, -0.25) is 9.79 Å². The molecule has 0 saturated carbocycles. The van der Waals surface area contributed by atoms with Gasteiger partial charge < -0.3 is 10.4 Å². The molecule has 1 aromatic rings. The fourth-order valence-corrected chi connectivity index (χ4v) is 2.37. The normalized spacial score (nSPS) is 21.4. The van der Waals surface area contributed by atoms with Gasteiger partial charge in [0.2, 0.25) is 0 Å². The molecule has 0 spiro atoms. The van der Waals surface area contributed by atoms with E-state index in [9.17, 15) is 9.59 Å². The summed E-state index contributed by atoms with van der Waals surface area (Å²) in [5.41, 5.74) is 1.78. The van der Waals surface area contributed by atoms with Crippen LogP contribution in [-0.2, 0) is 4.79 Å². The van der Waals surface area contributed by atoms with Crippen LogP contribution in [0.15, 0.2) is 17.1 Å². The maximum atomic E-state index is 12.2. The summed E-state index contributed by atoms with van der Waals surface area (Å²) < 4.78 is 0. The van der Waals surface area contributed by atoms with E-state index < -0.39 is 11.5 Å². The minimum Gasteiger partial charge on any atom is -0.478 e. The Morgan fingerprint density at radius 1 is 1.29 bits per heavy atom. The number of carboxylic acid groups (broad SMARTS) is 1. The highest BCUT2D eigenvalue weighted by molar-refractivity contribution is 6.16. The van der Waals surface area contributed by atoms with Crippen molar-refractivity contribution in [3.05, 3.63) is 34.4 Å². The van der Waals surface area contributed by atoms with Gasteiger partial charge in [-0.15, -0.1) is 0 Å². The number of carbonyl (C=O) groups is 2. The second-order valence-corrected chi connectivity index (χ2v) is 5.93. The van der Waals surface area contributed by atoms with Gasteiger partial charge in [0, 0.05) is 5.56 Å². The van der Waals surface area contributed by atoms with E-state index in [1.165, 1.54) is 0 Å². The van der Waals surface area contributed by atoms with E-state index in [1.807, 2.05) is 27.7 Å². The largest absolute Gasteiger partial charge is 0.478 e. The molecule has 21 heavy (non-hydrogen) atoms. The van der Waals surface area contributed by atoms with Crippen molar-refractivity contribution in [3.8, 4) is 0 Å². The van der Waals surface area contributed by atoms with E-state index in [0.717, 1.165) is 11.1 Å². The highest BCUT2D eigenvalue weighted by atomic mass is 16.4. The quantitative estimate of drug-likeness (QED) is 0.895. The van der Waals surface area contributed by atoms with E-state index in [0.29, 0.717) is 11.4 Å². The van der Waals surface area contributed by atoms with Crippen LogP contribution in [-0.4, -0.2) is 28.4 Å². The molecule has 0 bridgehead atoms. The van der Waals surface area contributed by atoms with Gasteiger partial charge in [0.1, 0.15) is 11.4 Å². The molecule has 1 aliphatic heterocycles. The smallest absolute Gasteiger partial charge is 0.335 e. The number of hydrogen-bond acceptors (Lipinski definition) is 3. The van der Waals surface area contributed by atoms with Crippen LogP contribution in [0.4, 0.5) is 0 Å². The van der Waals surface area contributed by atoms with E-state index in [2.05, 4.69) is 10.3 Å². The first kappa shape index (κ1) is 15.2. The zero-order valence-corrected chi connectivity index (χ0v) is 12.9. The van der Waals surface area contributed by atoms with Gasteiger partial charge in [-0.1, -0.05) is 19.9 Å². The summed E-state index contributed by atoms with van der Waals surface area (Å²) >= 11 is 0. The fraction of sp³-hybridized carbons (Fsp3) is 0.438. The van der Waals surface area contributed by atoms with Gasteiger partial charge in [-0.2, -0.15) is 0 Å². The molecule has 1 aromatic carbocycles. The standard InChI is InChI=1S/C16H20N2O3/c1-8(2)16(5)15(21)17-13(18-16)11-6-7-12(14(19)20)10(4)9(11)3/h6-8H,1-5H3,(H,19,20)(H,17,18,21). The number of aromatic carboxylic acids is 1. The van der Waals surface area contributed by atoms with Crippen LogP contribution in [0.5, 0.6) is 0 Å². The SMILES string of the molecule is Cc1c(C(=O)O)ccc(C2=NC(C)(C(C)C)C(=O)N2)c1C. The number of amidine groups is 1. The van der Waals surface area contributed by atoms with Crippen molar-refractivity contribution in [3.63, 3.8) is 0 Å². The number of carbonyl (C=O) groups excluding carboxylic acids is 1. The molecule has 5 nitrogen and oxygen atoms in total. The summed E-state index contributed by atoms with van der Waals surface area (Å²) in [5, 5.41) is 12.0. The second kappa shape index (κ2) is 4.98. The Kier molecular flexibility index (Phi) is 3.61. The molecule has 112 valence electrons. The Hall–Kier alpha value is -2.17. The van der Waals surface area contributed by atoms with E-state index in [4.69, 9.17) is 5.11 Å². The zero-order valence-electron chi connectivity index (χ0n) is 12.9. The van der Waals surface area contributed by atoms with Gasteiger partial charge in [-0.05, 0) is 43.9 Å². The second-order valence-electron chi connectivity index (χ2n) is 5.93. The predicted octanol–water partition coefficient (Wildman–Crippen LogP) is 2.29. The Morgan fingerprint density at radius 2 is 1.90 bits per heavy atom. The lowest BCUT2D eigenvalue weighted by molar-refractivity contribution is -0.124. The number of hydrogen-bond donors (Lipinski definition) is 2. The molecule has 2 N–H and O–H groups in total. The van der Waals surface area contributed by atoms with Crippen molar-refractivity contribution >= 4 is 17.7 Å². The number of nitrogens with one attached hydrogen (secondary N) is 1. The maximum absolute atomic E-state index is 12.2. The molecule has 2 rings (SSSR count). The molecule has 5 heteroatoms. The molecular formula is C16H20N2O3. The number of carboxylic acids is 1. The maximum Gasteiger partial charge on any atom is 0.335 e. The summed E-state index contributed by atoms with van der Waals surface area (Å²) in [6, 6.07) is 3.26. The molecule has 1 aliphatic rings. The first-order valence-electron chi connectivity index (χ1n) is 6.93. The molecule has 1 heterocycles. The monoisotopic (exact) mass is 288 g/mol. The van der Waals surface area contributed by atoms with Crippen LogP contribution in [0.25, 0.3) is 0 Å². The topological polar surface area (TPSA) is 78.8 Å². The van der Waals surface area contributed by atoms with Gasteiger partial charge in [-0.25, -0.2) is 4.79 Å². The third-order valence-electron chi connectivity index (χ3n) is 4.43. The van der Waals surface area contributed by atoms with Crippen molar-refractivity contribution in [2.75, 3.05) is 0 Å². The number of rotatable bonds is 3. The van der Waals surface area contributed by atoms with E-state index in [1.54, 1.807) is 19.1 Å². The Morgan fingerprint density at radius 3 is 2.38 bits per heavy atom. The lowest BCUT2D eigenvalue weighted by Gasteiger charge is -2.21. The number of nitrogens with zero attached hydrogens (tertiary/aromatic N) is 1. The molecule has 0 aliphatic carbocycles. The predicted molar refractivity (Wildman–Crippen MR) is 80.8 cm³/mol. The summed E-state index contributed by atoms with van der Waals surface area (Å²) in [7, 11) is 0. The Bertz CT molecular complexity index is 662. The minimum absolute atomic E-state index is 0.0784. The average molecular weight is 288 g/mol. The van der Waals surface area contributed by atoms with Crippen molar-refractivity contribution in [2.24, 2.45) is 10.9 Å². The van der Waals surface area contributed by atoms with Gasteiger partial charge in [0.25, 0.3) is 5.91 Å². The van der Waals surface area contributed by atoms with Crippen LogP contribution in [0, 0.1) is 19.8 Å². The van der Waals surface area contributed by atoms with Gasteiger partial charge >= 0.3 is 5.97 Å². The summed E-state index contributed by atoms with van der Waals surface area (Å²) in [4.78, 5) is 27.9. The van der Waals surface area contributed by atoms with Crippen LogP contribution in [0.3, 0.4) is 0 Å². The molecule has 0 radical (unpaired) electrons. The molecule has 0 saturated heterocycles. The van der Waals surface area contributed by atoms with Crippen LogP contribution < -0.4 is 5.32 Å². The Balaban J connectivity index is 2.52. The summed E-state index contributed by atoms with van der Waals surface area (Å²) in [5.74, 6) is -0.470.